The van der Waals surface area contributed by atoms with E-state index in [0.29, 0.717) is 10.8 Å². The lowest BCUT2D eigenvalue weighted by Gasteiger charge is -2.31. The zero-order valence-corrected chi connectivity index (χ0v) is 12.9. The van der Waals surface area contributed by atoms with E-state index in [2.05, 4.69) is 34.6 Å². The average molecular weight is 238 g/mol. The molecule has 0 N–H and O–H groups in total. The van der Waals surface area contributed by atoms with Crippen molar-refractivity contribution in [1.82, 2.24) is 0 Å². The van der Waals surface area contributed by atoms with Crippen molar-refractivity contribution in [2.75, 3.05) is 0 Å². The van der Waals surface area contributed by atoms with Gasteiger partial charge in [0.2, 0.25) is 0 Å². The molecule has 0 radical (unpaired) electrons. The molecule has 0 aliphatic heterocycles. The first-order chi connectivity index (χ1) is 7.81. The smallest absolute Gasteiger partial charge is 0.0352 e. The molecule has 1 unspecified atom stereocenters. The summed E-state index contributed by atoms with van der Waals surface area (Å²) in [5.74, 6) is 0.917. The van der Waals surface area contributed by atoms with Crippen LogP contribution < -0.4 is 0 Å². The summed E-state index contributed by atoms with van der Waals surface area (Å²) in [6.45, 7) is 12.3. The van der Waals surface area contributed by atoms with Gasteiger partial charge in [-0.25, -0.2) is 0 Å². The van der Waals surface area contributed by atoms with E-state index in [0.717, 1.165) is 5.92 Å². The Morgan fingerprint density at radius 3 is 1.88 bits per heavy atom. The van der Waals surface area contributed by atoms with E-state index in [1.165, 1.54) is 57.8 Å². The van der Waals surface area contributed by atoms with Gasteiger partial charge in [0.25, 0.3) is 0 Å². The van der Waals surface area contributed by atoms with Crippen LogP contribution >= 0.6 is 0 Å². The van der Waals surface area contributed by atoms with Crippen LogP contribution in [0.4, 0.5) is 0 Å². The van der Waals surface area contributed by atoms with Gasteiger partial charge in [-0.15, -0.1) is 0 Å². The number of hydrogen-bond acceptors (Lipinski definition) is 0. The summed E-state index contributed by atoms with van der Waals surface area (Å²) in [7, 11) is 0. The predicted octanol–water partition coefficient (Wildman–Crippen LogP) is 6.20. The minimum atomic E-state index is 0.578. The quantitative estimate of drug-likeness (QED) is 0.471. The molecule has 1 saturated carbocycles. The van der Waals surface area contributed by atoms with Crippen LogP contribution in [0.1, 0.15) is 92.4 Å². The van der Waals surface area contributed by atoms with Crippen LogP contribution in [0.2, 0.25) is 0 Å². The Hall–Kier alpha value is 0. The van der Waals surface area contributed by atoms with Crippen LogP contribution in [0.25, 0.3) is 0 Å². The summed E-state index contributed by atoms with van der Waals surface area (Å²) >= 11 is 0. The summed E-state index contributed by atoms with van der Waals surface area (Å²) in [5, 5.41) is 0. The predicted molar refractivity (Wildman–Crippen MR) is 78.3 cm³/mol. The summed E-state index contributed by atoms with van der Waals surface area (Å²) in [6.07, 6.45) is 12.9. The standard InChI is InChI=1S/C17H34/c1-15-10-9-13-16(2,3)11-7-6-8-12-17(4,5)14-15/h15H,6-14H2,1-5H3. The molecule has 0 saturated heterocycles. The molecule has 0 aromatic heterocycles. The normalized spacial score (nSPS) is 31.2. The Morgan fingerprint density at radius 2 is 1.24 bits per heavy atom. The monoisotopic (exact) mass is 238 g/mol. The lowest BCUT2D eigenvalue weighted by Crippen LogP contribution is -2.18. The molecule has 17 heavy (non-hydrogen) atoms. The van der Waals surface area contributed by atoms with Crippen molar-refractivity contribution in [3.8, 4) is 0 Å². The SMILES string of the molecule is CC1CCCC(C)(C)CCCCCC(C)(C)C1. The second-order valence-electron chi connectivity index (χ2n) is 8.09. The number of hydrogen-bond donors (Lipinski definition) is 0. The maximum Gasteiger partial charge on any atom is -0.0352 e. The van der Waals surface area contributed by atoms with Crippen molar-refractivity contribution in [2.24, 2.45) is 16.7 Å². The molecular weight excluding hydrogens is 204 g/mol. The van der Waals surface area contributed by atoms with Gasteiger partial charge in [0, 0.05) is 0 Å². The summed E-state index contributed by atoms with van der Waals surface area (Å²) in [5.41, 5.74) is 1.17. The molecule has 1 aliphatic carbocycles. The fraction of sp³-hybridized carbons (Fsp3) is 1.00. The molecule has 0 heteroatoms. The molecular formula is C17H34. The van der Waals surface area contributed by atoms with E-state index in [1.807, 2.05) is 0 Å². The molecule has 0 aromatic carbocycles. The molecule has 0 aromatic rings. The van der Waals surface area contributed by atoms with Crippen LogP contribution in [-0.2, 0) is 0 Å². The van der Waals surface area contributed by atoms with E-state index < -0.39 is 0 Å². The number of rotatable bonds is 0. The molecule has 1 fully saturated rings. The van der Waals surface area contributed by atoms with Crippen molar-refractivity contribution in [3.05, 3.63) is 0 Å². The van der Waals surface area contributed by atoms with Crippen LogP contribution in [0.5, 0.6) is 0 Å². The van der Waals surface area contributed by atoms with Crippen molar-refractivity contribution in [3.63, 3.8) is 0 Å². The maximum absolute atomic E-state index is 2.47. The Morgan fingerprint density at radius 1 is 0.706 bits per heavy atom. The minimum absolute atomic E-state index is 0.578. The molecule has 0 heterocycles. The molecule has 102 valence electrons. The lowest BCUT2D eigenvalue weighted by molar-refractivity contribution is 0.213. The van der Waals surface area contributed by atoms with Gasteiger partial charge < -0.3 is 0 Å². The summed E-state index contributed by atoms with van der Waals surface area (Å²) in [6, 6.07) is 0. The third-order valence-corrected chi connectivity index (χ3v) is 4.66. The first-order valence-electron chi connectivity index (χ1n) is 7.81. The first-order valence-corrected chi connectivity index (χ1v) is 7.81. The summed E-state index contributed by atoms with van der Waals surface area (Å²) in [4.78, 5) is 0. The van der Waals surface area contributed by atoms with Gasteiger partial charge in [0.05, 0.1) is 0 Å². The van der Waals surface area contributed by atoms with Gasteiger partial charge in [0.15, 0.2) is 0 Å². The molecule has 1 atom stereocenters. The van der Waals surface area contributed by atoms with Crippen LogP contribution in [0.15, 0.2) is 0 Å². The third kappa shape index (κ3) is 6.48. The van der Waals surface area contributed by atoms with Crippen molar-refractivity contribution < 1.29 is 0 Å². The van der Waals surface area contributed by atoms with Crippen molar-refractivity contribution in [1.29, 1.82) is 0 Å². The Balaban J connectivity index is 2.50. The Labute approximate surface area is 110 Å². The van der Waals surface area contributed by atoms with Gasteiger partial charge in [-0.1, -0.05) is 66.7 Å². The third-order valence-electron chi connectivity index (χ3n) is 4.66. The zero-order valence-electron chi connectivity index (χ0n) is 12.9. The van der Waals surface area contributed by atoms with Gasteiger partial charge in [-0.05, 0) is 42.4 Å². The van der Waals surface area contributed by atoms with E-state index >= 15 is 0 Å². The first kappa shape index (κ1) is 15.1. The van der Waals surface area contributed by atoms with Crippen molar-refractivity contribution in [2.45, 2.75) is 92.4 Å². The average Bonchev–Trinajstić information content (AvgIpc) is 2.13. The topological polar surface area (TPSA) is 0 Å². The van der Waals surface area contributed by atoms with Crippen LogP contribution in [-0.4, -0.2) is 0 Å². The highest BCUT2D eigenvalue weighted by Gasteiger charge is 2.23. The van der Waals surface area contributed by atoms with Crippen molar-refractivity contribution >= 4 is 0 Å². The summed E-state index contributed by atoms with van der Waals surface area (Å²) < 4.78 is 0. The highest BCUT2D eigenvalue weighted by atomic mass is 14.3. The maximum atomic E-state index is 2.47. The molecule has 0 spiro atoms. The highest BCUT2D eigenvalue weighted by Crippen LogP contribution is 2.37. The van der Waals surface area contributed by atoms with Gasteiger partial charge in [0.1, 0.15) is 0 Å². The van der Waals surface area contributed by atoms with E-state index in [-0.39, 0.29) is 0 Å². The second kappa shape index (κ2) is 6.25. The Bertz CT molecular complexity index is 212. The van der Waals surface area contributed by atoms with Crippen LogP contribution in [0.3, 0.4) is 0 Å². The molecule has 1 rings (SSSR count). The van der Waals surface area contributed by atoms with E-state index in [9.17, 15) is 0 Å². The lowest BCUT2D eigenvalue weighted by atomic mass is 9.75. The van der Waals surface area contributed by atoms with Gasteiger partial charge in [-0.3, -0.25) is 0 Å². The fourth-order valence-electron chi connectivity index (χ4n) is 3.59. The largest absolute Gasteiger partial charge is 0.0625 e. The van der Waals surface area contributed by atoms with Gasteiger partial charge >= 0.3 is 0 Å². The second-order valence-corrected chi connectivity index (χ2v) is 8.09. The van der Waals surface area contributed by atoms with E-state index in [1.54, 1.807) is 0 Å². The molecule has 1 aliphatic rings. The molecule has 0 amide bonds. The van der Waals surface area contributed by atoms with Crippen LogP contribution in [0, 0.1) is 16.7 Å². The highest BCUT2D eigenvalue weighted by molar-refractivity contribution is 4.75. The van der Waals surface area contributed by atoms with E-state index in [4.69, 9.17) is 0 Å². The molecule has 0 nitrogen and oxygen atoms in total. The molecule has 0 bridgehead atoms. The zero-order chi connectivity index (χ0) is 12.9. The van der Waals surface area contributed by atoms with Gasteiger partial charge in [-0.2, -0.15) is 0 Å². The Kier molecular flexibility index (Phi) is 5.54. The fourth-order valence-corrected chi connectivity index (χ4v) is 3.59. The minimum Gasteiger partial charge on any atom is -0.0625 e.